The van der Waals surface area contributed by atoms with Gasteiger partial charge in [-0.15, -0.1) is 0 Å². The van der Waals surface area contributed by atoms with Crippen molar-refractivity contribution in [1.29, 1.82) is 0 Å². The van der Waals surface area contributed by atoms with Crippen LogP contribution in [0.5, 0.6) is 0 Å². The first-order valence-corrected chi connectivity index (χ1v) is 8.97. The van der Waals surface area contributed by atoms with Crippen LogP contribution in [0, 0.1) is 18.7 Å². The highest BCUT2D eigenvalue weighted by Gasteiger charge is 2.35. The van der Waals surface area contributed by atoms with E-state index in [1.807, 2.05) is 0 Å². The Morgan fingerprint density at radius 2 is 2.21 bits per heavy atom. The number of H-pyrrole nitrogens is 1. The Hall–Kier alpha value is -3.33. The number of imidazole rings is 1. The molecule has 1 atom stereocenters. The summed E-state index contributed by atoms with van der Waals surface area (Å²) in [6.45, 7) is 1.68. The van der Waals surface area contributed by atoms with Gasteiger partial charge in [0.2, 0.25) is 6.41 Å². The summed E-state index contributed by atoms with van der Waals surface area (Å²) in [5, 5.41) is 20.7. The number of anilines is 1. The summed E-state index contributed by atoms with van der Waals surface area (Å²) in [6.07, 6.45) is 8.05. The Labute approximate surface area is 158 Å². The van der Waals surface area contributed by atoms with Gasteiger partial charge in [0.25, 0.3) is 0 Å². The van der Waals surface area contributed by atoms with Gasteiger partial charge in [-0.1, -0.05) is 0 Å². The lowest BCUT2D eigenvalue weighted by atomic mass is 9.93. The van der Waals surface area contributed by atoms with Crippen LogP contribution < -0.4 is 5.32 Å². The minimum Gasteiger partial charge on any atom is -0.388 e. The van der Waals surface area contributed by atoms with Crippen LogP contribution >= 0.6 is 0 Å². The molecule has 1 amide bonds. The number of nitrogens with zero attached hydrogens (tertiary/aromatic N) is 4. The normalized spacial score (nSPS) is 15.2. The Balaban J connectivity index is 1.72. The zero-order valence-corrected chi connectivity index (χ0v) is 15.0. The van der Waals surface area contributed by atoms with E-state index < -0.39 is 11.9 Å². The maximum absolute atomic E-state index is 15.3. The summed E-state index contributed by atoms with van der Waals surface area (Å²) in [7, 11) is 0. The number of halogens is 1. The number of aromatic amines is 1. The molecule has 1 aromatic carbocycles. The molecule has 28 heavy (non-hydrogen) atoms. The molecule has 8 nitrogen and oxygen atoms in total. The van der Waals surface area contributed by atoms with Crippen molar-refractivity contribution in [2.45, 2.75) is 25.9 Å². The highest BCUT2D eigenvalue weighted by molar-refractivity contribution is 5.97. The van der Waals surface area contributed by atoms with Crippen molar-refractivity contribution >= 4 is 28.8 Å². The number of aromatic nitrogens is 5. The van der Waals surface area contributed by atoms with Gasteiger partial charge in [0.15, 0.2) is 11.5 Å². The molecular formula is C19H17FN6O2. The van der Waals surface area contributed by atoms with Gasteiger partial charge in [0.05, 0.1) is 35.9 Å². The van der Waals surface area contributed by atoms with Crippen LogP contribution in [0.2, 0.25) is 0 Å². The Morgan fingerprint density at radius 1 is 1.39 bits per heavy atom. The molecule has 0 radical (unpaired) electrons. The Kier molecular flexibility index (Phi) is 3.66. The summed E-state index contributed by atoms with van der Waals surface area (Å²) in [5.74, 6) is 0.0469. The van der Waals surface area contributed by atoms with Crippen molar-refractivity contribution in [3.05, 3.63) is 41.7 Å². The first-order chi connectivity index (χ1) is 13.6. The van der Waals surface area contributed by atoms with E-state index in [1.165, 1.54) is 0 Å². The molecule has 4 aromatic rings. The molecule has 1 unspecified atom stereocenters. The van der Waals surface area contributed by atoms with Crippen LogP contribution in [0.25, 0.3) is 27.8 Å². The van der Waals surface area contributed by atoms with E-state index in [9.17, 15) is 9.90 Å². The SMILES string of the molecule is Cc1c(F)c(C(O)C2CC2)c2[nH]ncc2c1-c1cn2cc(NC=O)nc2cn1. The molecule has 1 aliphatic rings. The van der Waals surface area contributed by atoms with Crippen LogP contribution in [0.15, 0.2) is 24.8 Å². The molecular weight excluding hydrogens is 363 g/mol. The predicted molar refractivity (Wildman–Crippen MR) is 100 cm³/mol. The lowest BCUT2D eigenvalue weighted by Crippen LogP contribution is -2.07. The van der Waals surface area contributed by atoms with Crippen molar-refractivity contribution in [1.82, 2.24) is 24.6 Å². The third kappa shape index (κ3) is 2.47. The van der Waals surface area contributed by atoms with Gasteiger partial charge < -0.3 is 14.8 Å². The zero-order chi connectivity index (χ0) is 19.4. The van der Waals surface area contributed by atoms with E-state index in [4.69, 9.17) is 0 Å². The number of rotatable bonds is 5. The fourth-order valence-electron chi connectivity index (χ4n) is 3.72. The standard InChI is InChI=1S/C19H17FN6O2/c1-9-15(12-6-26-7-13(22-8-27)24-14(26)5-21-12)11-4-23-25-18(11)16(17(9)20)19(28)10-2-3-10/h4-8,10,19,28H,2-3H2,1H3,(H,22,27)(H,23,25). The van der Waals surface area contributed by atoms with E-state index in [0.29, 0.717) is 45.6 Å². The van der Waals surface area contributed by atoms with Crippen LogP contribution in [0.4, 0.5) is 10.2 Å². The number of carbonyl (C=O) groups excluding carboxylic acids is 1. The van der Waals surface area contributed by atoms with E-state index in [2.05, 4.69) is 25.5 Å². The number of nitrogens with one attached hydrogen (secondary N) is 2. The lowest BCUT2D eigenvalue weighted by molar-refractivity contribution is -0.105. The molecule has 1 fully saturated rings. The van der Waals surface area contributed by atoms with Gasteiger partial charge in [-0.05, 0) is 31.2 Å². The lowest BCUT2D eigenvalue weighted by Gasteiger charge is -2.17. The predicted octanol–water partition coefficient (Wildman–Crippen LogP) is 2.73. The third-order valence-electron chi connectivity index (χ3n) is 5.29. The molecule has 3 heterocycles. The second kappa shape index (κ2) is 6.10. The molecule has 9 heteroatoms. The first kappa shape index (κ1) is 16.8. The quantitative estimate of drug-likeness (QED) is 0.462. The molecule has 5 rings (SSSR count). The third-order valence-corrected chi connectivity index (χ3v) is 5.29. The highest BCUT2D eigenvalue weighted by Crippen LogP contribution is 2.45. The second-order valence-electron chi connectivity index (χ2n) is 7.09. The van der Waals surface area contributed by atoms with Crippen LogP contribution in [-0.2, 0) is 4.79 Å². The number of amides is 1. The van der Waals surface area contributed by atoms with Gasteiger partial charge in [0.1, 0.15) is 5.82 Å². The average molecular weight is 380 g/mol. The van der Waals surface area contributed by atoms with Crippen molar-refractivity contribution < 1.29 is 14.3 Å². The zero-order valence-electron chi connectivity index (χ0n) is 15.0. The van der Waals surface area contributed by atoms with Crippen molar-refractivity contribution in [3.63, 3.8) is 0 Å². The summed E-state index contributed by atoms with van der Waals surface area (Å²) in [5.41, 5.74) is 2.87. The van der Waals surface area contributed by atoms with Gasteiger partial charge in [0, 0.05) is 22.7 Å². The number of aliphatic hydroxyl groups is 1. The Bertz CT molecular complexity index is 1230. The molecule has 0 spiro atoms. The highest BCUT2D eigenvalue weighted by atomic mass is 19.1. The number of carbonyl (C=O) groups is 1. The molecule has 0 aliphatic heterocycles. The van der Waals surface area contributed by atoms with Crippen LogP contribution in [0.1, 0.15) is 30.1 Å². The molecule has 0 bridgehead atoms. The molecule has 3 aromatic heterocycles. The summed E-state index contributed by atoms with van der Waals surface area (Å²) >= 11 is 0. The molecule has 0 saturated heterocycles. The topological polar surface area (TPSA) is 108 Å². The van der Waals surface area contributed by atoms with Crippen LogP contribution in [-0.4, -0.2) is 36.1 Å². The van der Waals surface area contributed by atoms with Gasteiger partial charge in [-0.2, -0.15) is 5.10 Å². The number of fused-ring (bicyclic) bond motifs is 2. The van der Waals surface area contributed by atoms with Crippen molar-refractivity contribution in [3.8, 4) is 11.3 Å². The van der Waals surface area contributed by atoms with E-state index in [0.717, 1.165) is 12.8 Å². The Morgan fingerprint density at radius 3 is 2.96 bits per heavy atom. The fourth-order valence-corrected chi connectivity index (χ4v) is 3.72. The van der Waals surface area contributed by atoms with Gasteiger partial charge in [-0.3, -0.25) is 14.9 Å². The van der Waals surface area contributed by atoms with Crippen molar-refractivity contribution in [2.75, 3.05) is 5.32 Å². The maximum Gasteiger partial charge on any atom is 0.212 e. The van der Waals surface area contributed by atoms with Crippen molar-refractivity contribution in [2.24, 2.45) is 5.92 Å². The second-order valence-corrected chi connectivity index (χ2v) is 7.09. The van der Waals surface area contributed by atoms with E-state index >= 15 is 4.39 Å². The summed E-state index contributed by atoms with van der Waals surface area (Å²) in [6, 6.07) is 0. The fraction of sp³-hybridized carbons (Fsp3) is 0.263. The smallest absolute Gasteiger partial charge is 0.212 e. The van der Waals surface area contributed by atoms with E-state index in [1.54, 1.807) is 36.1 Å². The number of aliphatic hydroxyl groups excluding tert-OH is 1. The number of hydrogen-bond donors (Lipinski definition) is 3. The summed E-state index contributed by atoms with van der Waals surface area (Å²) < 4.78 is 17.0. The van der Waals surface area contributed by atoms with Gasteiger partial charge in [-0.25, -0.2) is 9.37 Å². The molecule has 1 saturated carbocycles. The first-order valence-electron chi connectivity index (χ1n) is 8.97. The number of benzene rings is 1. The molecule has 1 aliphatic carbocycles. The van der Waals surface area contributed by atoms with Crippen LogP contribution in [0.3, 0.4) is 0 Å². The number of hydrogen-bond acceptors (Lipinski definition) is 5. The van der Waals surface area contributed by atoms with Gasteiger partial charge >= 0.3 is 0 Å². The molecule has 3 N–H and O–H groups in total. The average Bonchev–Trinajstić information content (AvgIpc) is 3.30. The largest absolute Gasteiger partial charge is 0.388 e. The minimum absolute atomic E-state index is 0.0930. The minimum atomic E-state index is -0.850. The molecule has 142 valence electrons. The summed E-state index contributed by atoms with van der Waals surface area (Å²) in [4.78, 5) is 19.3. The monoisotopic (exact) mass is 380 g/mol. The van der Waals surface area contributed by atoms with E-state index in [-0.39, 0.29) is 11.5 Å². The maximum atomic E-state index is 15.3.